The number of furan rings is 1. The number of piperidine rings is 1. The monoisotopic (exact) mass is 525 g/mol. The molecule has 39 heavy (non-hydrogen) atoms. The van der Waals surface area contributed by atoms with Gasteiger partial charge < -0.3 is 19.0 Å². The van der Waals surface area contributed by atoms with Crippen LogP contribution in [0.15, 0.2) is 53.2 Å². The normalized spacial score (nSPS) is 17.4. The van der Waals surface area contributed by atoms with Gasteiger partial charge in [-0.15, -0.1) is 0 Å². The van der Waals surface area contributed by atoms with Gasteiger partial charge in [-0.2, -0.15) is 5.26 Å². The minimum Gasteiger partial charge on any atom is -0.494 e. The molecule has 0 radical (unpaired) electrons. The molecule has 0 saturated carbocycles. The molecule has 0 aliphatic carbocycles. The lowest BCUT2D eigenvalue weighted by Gasteiger charge is -2.26. The summed E-state index contributed by atoms with van der Waals surface area (Å²) < 4.78 is 25.7. The molecule has 1 atom stereocenters. The van der Waals surface area contributed by atoms with Crippen molar-refractivity contribution in [3.63, 3.8) is 0 Å². The van der Waals surface area contributed by atoms with Crippen molar-refractivity contribution in [2.75, 3.05) is 38.2 Å². The van der Waals surface area contributed by atoms with E-state index in [9.17, 15) is 14.4 Å². The van der Waals surface area contributed by atoms with Gasteiger partial charge in [0.25, 0.3) is 5.91 Å². The summed E-state index contributed by atoms with van der Waals surface area (Å²) in [4.78, 5) is 25.8. The van der Waals surface area contributed by atoms with Gasteiger partial charge in [0, 0.05) is 50.2 Å². The lowest BCUT2D eigenvalue weighted by Crippen LogP contribution is -2.35. The summed E-state index contributed by atoms with van der Waals surface area (Å²) in [5.41, 5.74) is 4.91. The summed E-state index contributed by atoms with van der Waals surface area (Å²) >= 11 is 0. The minimum absolute atomic E-state index is 0.0479. The Hall–Kier alpha value is -4.45. The van der Waals surface area contributed by atoms with E-state index in [0.717, 1.165) is 49.2 Å². The first-order valence-corrected chi connectivity index (χ1v) is 13.2. The summed E-state index contributed by atoms with van der Waals surface area (Å²) in [5.74, 6) is 0.849. The Kier molecular flexibility index (Phi) is 6.61. The summed E-state index contributed by atoms with van der Waals surface area (Å²) in [6.07, 6.45) is 6.02. The highest BCUT2D eigenvalue weighted by Crippen LogP contribution is 2.38. The second-order valence-electron chi connectivity index (χ2n) is 9.99. The van der Waals surface area contributed by atoms with E-state index in [1.54, 1.807) is 37.7 Å². The molecule has 198 valence electrons. The third-order valence-corrected chi connectivity index (χ3v) is 7.51. The molecular formula is C30H28FN5O3. The van der Waals surface area contributed by atoms with Crippen LogP contribution in [0.4, 0.5) is 10.1 Å². The van der Waals surface area contributed by atoms with Gasteiger partial charge in [-0.1, -0.05) is 6.07 Å². The molecule has 2 fully saturated rings. The van der Waals surface area contributed by atoms with Crippen molar-refractivity contribution in [2.45, 2.75) is 31.9 Å². The second-order valence-corrected chi connectivity index (χ2v) is 9.99. The van der Waals surface area contributed by atoms with Crippen LogP contribution in [0.2, 0.25) is 0 Å². The summed E-state index contributed by atoms with van der Waals surface area (Å²) in [7, 11) is 1.54. The fourth-order valence-electron chi connectivity index (χ4n) is 5.47. The molecule has 0 unspecified atom stereocenters. The van der Waals surface area contributed by atoms with Gasteiger partial charge in [0.05, 0.1) is 23.9 Å². The van der Waals surface area contributed by atoms with Crippen LogP contribution < -0.4 is 9.64 Å². The lowest BCUT2D eigenvalue weighted by atomic mass is 10.0. The molecule has 2 aliphatic rings. The number of methoxy groups -OCH3 is 1. The number of carbonyl (C=O) groups excluding carboxylic acids is 1. The maximum atomic E-state index is 13.8. The number of nitrogens with zero attached hydrogens (tertiary/aromatic N) is 5. The van der Waals surface area contributed by atoms with Gasteiger partial charge in [0.2, 0.25) is 0 Å². The minimum atomic E-state index is -0.875. The fraction of sp³-hybridized carbons (Fsp3) is 0.333. The maximum Gasteiger partial charge on any atom is 0.255 e. The molecule has 0 bridgehead atoms. The van der Waals surface area contributed by atoms with Crippen LogP contribution in [0.25, 0.3) is 33.7 Å². The molecule has 5 heterocycles. The summed E-state index contributed by atoms with van der Waals surface area (Å²) in [6.45, 7) is 2.40. The number of rotatable bonds is 5. The molecule has 2 aliphatic heterocycles. The average molecular weight is 526 g/mol. The van der Waals surface area contributed by atoms with Gasteiger partial charge in [-0.25, -0.2) is 9.37 Å². The van der Waals surface area contributed by atoms with Crippen molar-refractivity contribution in [3.05, 3.63) is 59.9 Å². The SMILES string of the molecule is COc1cc(C(=O)N2CCCCC2)cnc1-c1cc2nccc(-c3ccc(N4CC[C@@H](F)C4)c(C#N)c3)c2o1. The lowest BCUT2D eigenvalue weighted by molar-refractivity contribution is 0.0723. The van der Waals surface area contributed by atoms with E-state index in [-0.39, 0.29) is 5.91 Å². The molecule has 1 aromatic carbocycles. The highest BCUT2D eigenvalue weighted by Gasteiger charge is 2.25. The first kappa shape index (κ1) is 24.9. The molecular weight excluding hydrogens is 497 g/mol. The number of ether oxygens (including phenoxy) is 1. The van der Waals surface area contributed by atoms with Crippen molar-refractivity contribution >= 4 is 22.7 Å². The van der Waals surface area contributed by atoms with Gasteiger partial charge in [-0.3, -0.25) is 9.78 Å². The largest absolute Gasteiger partial charge is 0.494 e. The molecule has 8 nitrogen and oxygen atoms in total. The zero-order valence-electron chi connectivity index (χ0n) is 21.7. The highest BCUT2D eigenvalue weighted by molar-refractivity contribution is 5.96. The number of amides is 1. The smallest absolute Gasteiger partial charge is 0.255 e. The third-order valence-electron chi connectivity index (χ3n) is 7.51. The Bertz CT molecular complexity index is 1590. The number of nitriles is 1. The van der Waals surface area contributed by atoms with Crippen LogP contribution in [-0.4, -0.2) is 60.2 Å². The number of benzene rings is 1. The Morgan fingerprint density at radius 1 is 1.13 bits per heavy atom. The van der Waals surface area contributed by atoms with E-state index < -0.39 is 6.17 Å². The van der Waals surface area contributed by atoms with Crippen LogP contribution in [0, 0.1) is 11.3 Å². The Morgan fingerprint density at radius 2 is 1.97 bits per heavy atom. The molecule has 9 heteroatoms. The van der Waals surface area contributed by atoms with Crippen LogP contribution in [-0.2, 0) is 0 Å². The molecule has 3 aromatic heterocycles. The topological polar surface area (TPSA) is 95.5 Å². The number of hydrogen-bond donors (Lipinski definition) is 0. The molecule has 4 aromatic rings. The quantitative estimate of drug-likeness (QED) is 0.334. The average Bonchev–Trinajstić information content (AvgIpc) is 3.62. The number of carbonyl (C=O) groups is 1. The number of likely N-dealkylation sites (tertiary alicyclic amines) is 1. The van der Waals surface area contributed by atoms with Crippen molar-refractivity contribution < 1.29 is 18.3 Å². The van der Waals surface area contributed by atoms with Gasteiger partial charge in [-0.05, 0) is 55.5 Å². The predicted molar refractivity (Wildman–Crippen MR) is 145 cm³/mol. The number of aromatic nitrogens is 2. The molecule has 0 N–H and O–H groups in total. The number of hydrogen-bond acceptors (Lipinski definition) is 7. The van der Waals surface area contributed by atoms with Crippen LogP contribution in [0.3, 0.4) is 0 Å². The van der Waals surface area contributed by atoms with Gasteiger partial charge >= 0.3 is 0 Å². The Labute approximate surface area is 225 Å². The van der Waals surface area contributed by atoms with Crippen molar-refractivity contribution in [3.8, 4) is 34.4 Å². The number of anilines is 1. The number of fused-ring (bicyclic) bond motifs is 1. The van der Waals surface area contributed by atoms with Crippen molar-refractivity contribution in [1.82, 2.24) is 14.9 Å². The van der Waals surface area contributed by atoms with E-state index in [0.29, 0.717) is 58.9 Å². The van der Waals surface area contributed by atoms with Crippen LogP contribution >= 0.6 is 0 Å². The fourth-order valence-corrected chi connectivity index (χ4v) is 5.47. The maximum absolute atomic E-state index is 13.8. The first-order valence-electron chi connectivity index (χ1n) is 13.2. The molecule has 6 rings (SSSR count). The third kappa shape index (κ3) is 4.67. The zero-order valence-corrected chi connectivity index (χ0v) is 21.7. The zero-order chi connectivity index (χ0) is 26.9. The Balaban J connectivity index is 1.35. The van der Waals surface area contributed by atoms with E-state index in [2.05, 4.69) is 16.0 Å². The van der Waals surface area contributed by atoms with E-state index >= 15 is 0 Å². The highest BCUT2D eigenvalue weighted by atomic mass is 19.1. The predicted octanol–water partition coefficient (Wildman–Crippen LogP) is 5.61. The summed E-state index contributed by atoms with van der Waals surface area (Å²) in [5, 5.41) is 9.83. The van der Waals surface area contributed by atoms with Crippen molar-refractivity contribution in [2.24, 2.45) is 0 Å². The van der Waals surface area contributed by atoms with Crippen LogP contribution in [0.1, 0.15) is 41.6 Å². The summed E-state index contributed by atoms with van der Waals surface area (Å²) in [6, 6.07) is 13.2. The molecule has 0 spiro atoms. The number of halogens is 1. The van der Waals surface area contributed by atoms with E-state index in [4.69, 9.17) is 9.15 Å². The number of alkyl halides is 1. The van der Waals surface area contributed by atoms with Crippen molar-refractivity contribution in [1.29, 1.82) is 5.26 Å². The number of pyridine rings is 2. The van der Waals surface area contributed by atoms with Gasteiger partial charge in [0.1, 0.15) is 29.2 Å². The van der Waals surface area contributed by atoms with E-state index in [1.165, 1.54) is 0 Å². The first-order chi connectivity index (χ1) is 19.1. The van der Waals surface area contributed by atoms with Gasteiger partial charge in [0.15, 0.2) is 11.3 Å². The second kappa shape index (κ2) is 10.4. The molecule has 1 amide bonds. The van der Waals surface area contributed by atoms with E-state index in [1.807, 2.05) is 28.0 Å². The Morgan fingerprint density at radius 3 is 2.72 bits per heavy atom. The molecule has 2 saturated heterocycles. The van der Waals surface area contributed by atoms with Crippen LogP contribution in [0.5, 0.6) is 5.75 Å². The standard InChI is InChI=1S/C30H28FN5O3/c1-38-26-14-21(30(37)35-10-3-2-4-11-35)17-34-28(26)27-15-24-29(39-27)23(7-9-33-24)19-5-6-25(20(13-19)16-32)36-12-8-22(31)18-36/h5-7,9,13-15,17,22H,2-4,8,10-12,18H2,1H3/t22-/m1/s1.